The fraction of sp³-hybridized carbons (Fsp3) is 0.312. The van der Waals surface area contributed by atoms with Crippen molar-refractivity contribution in [2.24, 2.45) is 0 Å². The molecule has 0 saturated carbocycles. The lowest BCUT2D eigenvalue weighted by atomic mass is 10.0. The number of fused-ring (bicyclic) bond motifs is 2. The highest BCUT2D eigenvalue weighted by Gasteiger charge is 2.22. The van der Waals surface area contributed by atoms with Crippen molar-refractivity contribution in [2.45, 2.75) is 27.7 Å². The smallest absolute Gasteiger partial charge is 0.355 e. The van der Waals surface area contributed by atoms with Crippen LogP contribution in [0.15, 0.2) is 11.8 Å². The van der Waals surface area contributed by atoms with Gasteiger partial charge in [0.1, 0.15) is 5.69 Å². The number of aryl methyl sites for hydroxylation is 2. The Balaban J connectivity index is 2.23. The number of benzene rings is 1. The minimum atomic E-state index is -0.301. The van der Waals surface area contributed by atoms with Gasteiger partial charge in [-0.15, -0.1) is 0 Å². The molecular formula is C16H17N2O2. The lowest BCUT2D eigenvalue weighted by Crippen LogP contribution is -2.06. The molecule has 2 aromatic rings. The number of aromatic nitrogens is 1. The Bertz CT molecular complexity index is 754. The molecule has 2 heterocycles. The van der Waals surface area contributed by atoms with Crippen molar-refractivity contribution in [1.82, 2.24) is 10.3 Å². The van der Waals surface area contributed by atoms with Gasteiger partial charge in [0, 0.05) is 22.2 Å². The van der Waals surface area contributed by atoms with Crippen LogP contribution in [0.2, 0.25) is 0 Å². The molecule has 0 bridgehead atoms. The van der Waals surface area contributed by atoms with Crippen molar-refractivity contribution in [2.75, 3.05) is 6.61 Å². The zero-order chi connectivity index (χ0) is 14.4. The summed E-state index contributed by atoms with van der Waals surface area (Å²) in [6.07, 6.45) is 2.08. The summed E-state index contributed by atoms with van der Waals surface area (Å²) < 4.78 is 5.09. The van der Waals surface area contributed by atoms with Crippen molar-refractivity contribution < 1.29 is 9.53 Å². The summed E-state index contributed by atoms with van der Waals surface area (Å²) in [5.74, 6) is -0.301. The van der Waals surface area contributed by atoms with E-state index in [-0.39, 0.29) is 5.97 Å². The first-order valence-corrected chi connectivity index (χ1v) is 6.76. The molecule has 0 unspecified atom stereocenters. The lowest BCUT2D eigenvalue weighted by molar-refractivity contribution is 0.0520. The second kappa shape index (κ2) is 4.40. The van der Waals surface area contributed by atoms with E-state index in [2.05, 4.69) is 23.3 Å². The Kier molecular flexibility index (Phi) is 2.82. The van der Waals surface area contributed by atoms with E-state index in [1.54, 1.807) is 0 Å². The van der Waals surface area contributed by atoms with Gasteiger partial charge in [-0.05, 0) is 51.0 Å². The molecular weight excluding hydrogens is 252 g/mol. The molecule has 0 amide bonds. The highest BCUT2D eigenvalue weighted by molar-refractivity contribution is 6.02. The van der Waals surface area contributed by atoms with Gasteiger partial charge in [-0.25, -0.2) is 4.79 Å². The van der Waals surface area contributed by atoms with Crippen LogP contribution in [-0.2, 0) is 4.74 Å². The molecule has 103 valence electrons. The monoisotopic (exact) mass is 269 g/mol. The molecule has 1 aliphatic rings. The molecule has 20 heavy (non-hydrogen) atoms. The Morgan fingerprint density at radius 3 is 2.75 bits per heavy atom. The van der Waals surface area contributed by atoms with Gasteiger partial charge in [-0.1, -0.05) is 0 Å². The maximum absolute atomic E-state index is 12.0. The van der Waals surface area contributed by atoms with E-state index in [1.165, 1.54) is 0 Å². The third-order valence-corrected chi connectivity index (χ3v) is 3.74. The van der Waals surface area contributed by atoms with Crippen LogP contribution in [0, 0.1) is 13.8 Å². The highest BCUT2D eigenvalue weighted by Crippen LogP contribution is 2.37. The van der Waals surface area contributed by atoms with E-state index in [0.717, 1.165) is 39.0 Å². The predicted molar refractivity (Wildman–Crippen MR) is 79.2 cm³/mol. The molecule has 1 aromatic carbocycles. The van der Waals surface area contributed by atoms with Gasteiger partial charge in [0.2, 0.25) is 0 Å². The Labute approximate surface area is 117 Å². The SMILES string of the molecule is CCOC(=O)c1[nH]c2cc3c(c(C)c2c1C)C=C(C)[N]3. The second-order valence-corrected chi connectivity index (χ2v) is 5.10. The minimum absolute atomic E-state index is 0.301. The van der Waals surface area contributed by atoms with Crippen LogP contribution in [0.4, 0.5) is 5.69 Å². The van der Waals surface area contributed by atoms with E-state index in [1.807, 2.05) is 26.8 Å². The fourth-order valence-corrected chi connectivity index (χ4v) is 2.86. The second-order valence-electron chi connectivity index (χ2n) is 5.10. The summed E-state index contributed by atoms with van der Waals surface area (Å²) in [5.41, 5.74) is 6.69. The van der Waals surface area contributed by atoms with E-state index in [0.29, 0.717) is 12.3 Å². The van der Waals surface area contributed by atoms with Gasteiger partial charge < -0.3 is 9.72 Å². The first kappa shape index (κ1) is 12.8. The van der Waals surface area contributed by atoms with Crippen LogP contribution in [0.1, 0.15) is 41.0 Å². The van der Waals surface area contributed by atoms with Gasteiger partial charge in [0.05, 0.1) is 12.3 Å². The maximum atomic E-state index is 12.0. The van der Waals surface area contributed by atoms with Crippen molar-refractivity contribution in [3.63, 3.8) is 0 Å². The van der Waals surface area contributed by atoms with Crippen LogP contribution >= 0.6 is 0 Å². The van der Waals surface area contributed by atoms with Crippen molar-refractivity contribution in [3.05, 3.63) is 34.1 Å². The van der Waals surface area contributed by atoms with Crippen LogP contribution < -0.4 is 5.32 Å². The fourth-order valence-electron chi connectivity index (χ4n) is 2.86. The molecule has 1 N–H and O–H groups in total. The number of nitrogens with zero attached hydrogens (tertiary/aromatic N) is 1. The number of hydrogen-bond donors (Lipinski definition) is 1. The minimum Gasteiger partial charge on any atom is -0.461 e. The van der Waals surface area contributed by atoms with E-state index < -0.39 is 0 Å². The molecule has 1 aromatic heterocycles. The Hall–Kier alpha value is -2.23. The first-order valence-electron chi connectivity index (χ1n) is 6.76. The summed E-state index contributed by atoms with van der Waals surface area (Å²) in [5, 5.41) is 5.60. The largest absolute Gasteiger partial charge is 0.461 e. The number of H-pyrrole nitrogens is 1. The van der Waals surface area contributed by atoms with E-state index in [4.69, 9.17) is 4.74 Å². The molecule has 0 saturated heterocycles. The van der Waals surface area contributed by atoms with E-state index >= 15 is 0 Å². The average Bonchev–Trinajstić information content (AvgIpc) is 2.91. The van der Waals surface area contributed by atoms with Crippen molar-refractivity contribution >= 4 is 28.6 Å². The molecule has 0 spiro atoms. The Morgan fingerprint density at radius 1 is 1.30 bits per heavy atom. The number of carbonyl (C=O) groups is 1. The normalized spacial score (nSPS) is 13.1. The average molecular weight is 269 g/mol. The molecule has 0 aliphatic carbocycles. The number of allylic oxidation sites excluding steroid dienone is 1. The number of carbonyl (C=O) groups excluding carboxylic acids is 1. The number of esters is 1. The molecule has 1 radical (unpaired) electrons. The summed E-state index contributed by atoms with van der Waals surface area (Å²) >= 11 is 0. The maximum Gasteiger partial charge on any atom is 0.355 e. The number of nitrogens with one attached hydrogen (secondary N) is 1. The first-order chi connectivity index (χ1) is 9.52. The lowest BCUT2D eigenvalue weighted by Gasteiger charge is -2.05. The standard InChI is InChI=1S/C16H17N2O2/c1-5-20-16(19)15-10(4)14-9(3)11-6-8(2)17-12(11)7-13(14)18-15/h6-7,18H,5H2,1-4H3. The summed E-state index contributed by atoms with van der Waals surface area (Å²) in [7, 11) is 0. The zero-order valence-electron chi connectivity index (χ0n) is 12.1. The number of hydrogen-bond acceptors (Lipinski definition) is 2. The molecule has 3 rings (SSSR count). The predicted octanol–water partition coefficient (Wildman–Crippen LogP) is 3.57. The summed E-state index contributed by atoms with van der Waals surface area (Å²) in [6.45, 7) is 8.20. The van der Waals surface area contributed by atoms with Gasteiger partial charge in [-0.3, -0.25) is 5.32 Å². The van der Waals surface area contributed by atoms with Gasteiger partial charge in [-0.2, -0.15) is 0 Å². The zero-order valence-corrected chi connectivity index (χ0v) is 12.1. The van der Waals surface area contributed by atoms with Crippen molar-refractivity contribution in [1.29, 1.82) is 0 Å². The third kappa shape index (κ3) is 1.72. The molecule has 4 heteroatoms. The van der Waals surface area contributed by atoms with Crippen LogP contribution in [-0.4, -0.2) is 17.6 Å². The topological polar surface area (TPSA) is 56.2 Å². The number of aromatic amines is 1. The van der Waals surface area contributed by atoms with Crippen LogP contribution in [0.3, 0.4) is 0 Å². The molecule has 4 nitrogen and oxygen atoms in total. The molecule has 0 atom stereocenters. The van der Waals surface area contributed by atoms with Crippen molar-refractivity contribution in [3.8, 4) is 0 Å². The number of rotatable bonds is 2. The van der Waals surface area contributed by atoms with Gasteiger partial charge in [0.25, 0.3) is 0 Å². The van der Waals surface area contributed by atoms with E-state index in [9.17, 15) is 4.79 Å². The van der Waals surface area contributed by atoms with Gasteiger partial charge in [0.15, 0.2) is 0 Å². The summed E-state index contributed by atoms with van der Waals surface area (Å²) in [6, 6.07) is 2.00. The highest BCUT2D eigenvalue weighted by atomic mass is 16.5. The summed E-state index contributed by atoms with van der Waals surface area (Å²) in [4.78, 5) is 15.1. The number of ether oxygens (including phenoxy) is 1. The van der Waals surface area contributed by atoms with Gasteiger partial charge >= 0.3 is 5.97 Å². The van der Waals surface area contributed by atoms with Crippen LogP contribution in [0.25, 0.3) is 17.0 Å². The third-order valence-electron chi connectivity index (χ3n) is 3.74. The molecule has 1 aliphatic heterocycles. The van der Waals surface area contributed by atoms with Crippen LogP contribution in [0.5, 0.6) is 0 Å². The quantitative estimate of drug-likeness (QED) is 0.847. The molecule has 0 fully saturated rings. The Morgan fingerprint density at radius 2 is 2.05 bits per heavy atom.